The predicted octanol–water partition coefficient (Wildman–Crippen LogP) is 3.70. The van der Waals surface area contributed by atoms with E-state index in [1.54, 1.807) is 6.92 Å². The number of nitrogens with zero attached hydrogens (tertiary/aromatic N) is 1. The first-order valence-corrected chi connectivity index (χ1v) is 13.9. The number of benzene rings is 1. The van der Waals surface area contributed by atoms with Gasteiger partial charge < -0.3 is 13.9 Å². The van der Waals surface area contributed by atoms with E-state index in [2.05, 4.69) is 24.6 Å². The Kier molecular flexibility index (Phi) is 5.03. The highest BCUT2D eigenvalue weighted by atomic mass is 28.4. The van der Waals surface area contributed by atoms with Gasteiger partial charge in [0.2, 0.25) is 0 Å². The molecule has 0 aromatic heterocycles. The molecule has 2 fully saturated rings. The number of ether oxygens (including phenoxy) is 2. The van der Waals surface area contributed by atoms with Crippen LogP contribution in [0.15, 0.2) is 35.3 Å². The molecular formula is C22H29NO5Si. The van der Waals surface area contributed by atoms with Crippen molar-refractivity contribution in [1.82, 2.24) is 0 Å². The Morgan fingerprint density at radius 3 is 2.62 bits per heavy atom. The molecule has 7 heteroatoms. The van der Waals surface area contributed by atoms with Gasteiger partial charge in [0.15, 0.2) is 25.6 Å². The summed E-state index contributed by atoms with van der Waals surface area (Å²) in [5.41, 5.74) is -0.0250. The minimum absolute atomic E-state index is 0.234. The van der Waals surface area contributed by atoms with Gasteiger partial charge in [0.25, 0.3) is 5.91 Å². The first kappa shape index (κ1) is 20.4. The molecule has 1 amide bonds. The molecule has 2 heterocycles. The van der Waals surface area contributed by atoms with Crippen LogP contribution < -0.4 is 0 Å². The standard InChI is InChI=1S/C22H29NO5Si/c1-5-26-20(25)22-16-13-9-10-14-21(16,28-29(2,3)4)27-18(22)19(24)23-17(22)15-11-7-6-8-12-15/h6-8,11-12,16,18H,5,9-10,13-14H2,1-4H3/t16-,18-,21-,22-/m1/s1. The summed E-state index contributed by atoms with van der Waals surface area (Å²) in [5, 5.41) is 0. The monoisotopic (exact) mass is 415 g/mol. The number of carbonyl (C=O) groups excluding carboxylic acids is 2. The highest BCUT2D eigenvalue weighted by Gasteiger charge is 2.75. The molecule has 2 aliphatic heterocycles. The highest BCUT2D eigenvalue weighted by molar-refractivity contribution is 6.69. The quantitative estimate of drug-likeness (QED) is 0.541. The van der Waals surface area contributed by atoms with Crippen LogP contribution in [0, 0.1) is 11.3 Å². The van der Waals surface area contributed by atoms with Gasteiger partial charge in [-0.1, -0.05) is 36.8 Å². The zero-order valence-corrected chi connectivity index (χ0v) is 18.6. The van der Waals surface area contributed by atoms with E-state index in [1.807, 2.05) is 30.3 Å². The number of hydrogen-bond donors (Lipinski definition) is 0. The molecule has 3 aliphatic rings. The molecule has 1 aromatic carbocycles. The van der Waals surface area contributed by atoms with Crippen molar-refractivity contribution < 1.29 is 23.5 Å². The summed E-state index contributed by atoms with van der Waals surface area (Å²) in [7, 11) is -2.03. The lowest BCUT2D eigenvalue weighted by Gasteiger charge is -2.45. The molecule has 0 N–H and O–H groups in total. The highest BCUT2D eigenvalue weighted by Crippen LogP contribution is 2.61. The van der Waals surface area contributed by atoms with Gasteiger partial charge >= 0.3 is 5.97 Å². The van der Waals surface area contributed by atoms with E-state index in [-0.39, 0.29) is 12.5 Å². The summed E-state index contributed by atoms with van der Waals surface area (Å²) in [6, 6.07) is 9.45. The van der Waals surface area contributed by atoms with Crippen molar-refractivity contribution in [2.45, 2.75) is 64.1 Å². The number of fused-ring (bicyclic) bond motifs is 3. The topological polar surface area (TPSA) is 74.2 Å². The molecule has 29 heavy (non-hydrogen) atoms. The second-order valence-corrected chi connectivity index (χ2v) is 13.5. The molecule has 0 bridgehead atoms. The maximum Gasteiger partial charge on any atom is 0.321 e. The lowest BCUT2D eigenvalue weighted by Crippen LogP contribution is -2.55. The van der Waals surface area contributed by atoms with E-state index in [9.17, 15) is 9.59 Å². The minimum atomic E-state index is -2.03. The largest absolute Gasteiger partial charge is 0.465 e. The second kappa shape index (κ2) is 7.14. The zero-order chi connectivity index (χ0) is 20.9. The zero-order valence-electron chi connectivity index (χ0n) is 17.6. The number of aliphatic imine (C=N–C) groups is 1. The molecule has 4 atom stereocenters. The maximum atomic E-state index is 13.6. The van der Waals surface area contributed by atoms with Crippen LogP contribution >= 0.6 is 0 Å². The Hall–Kier alpha value is -1.83. The van der Waals surface area contributed by atoms with Gasteiger partial charge in [-0.2, -0.15) is 0 Å². The fourth-order valence-corrected chi connectivity index (χ4v) is 6.59. The molecule has 0 radical (unpaired) electrons. The Balaban J connectivity index is 1.91. The summed E-state index contributed by atoms with van der Waals surface area (Å²) in [6.07, 6.45) is 2.32. The molecule has 1 aromatic rings. The van der Waals surface area contributed by atoms with Crippen LogP contribution in [0.25, 0.3) is 0 Å². The Morgan fingerprint density at radius 2 is 1.97 bits per heavy atom. The summed E-state index contributed by atoms with van der Waals surface area (Å²) < 4.78 is 18.6. The Morgan fingerprint density at radius 1 is 1.24 bits per heavy atom. The molecule has 1 aliphatic carbocycles. The van der Waals surface area contributed by atoms with Gasteiger partial charge in [0, 0.05) is 12.3 Å². The number of carbonyl (C=O) groups is 2. The van der Waals surface area contributed by atoms with E-state index in [0.29, 0.717) is 12.1 Å². The maximum absolute atomic E-state index is 13.6. The van der Waals surface area contributed by atoms with E-state index >= 15 is 0 Å². The fourth-order valence-electron chi connectivity index (χ4n) is 5.26. The SMILES string of the molecule is CCOC(=O)[C@]12C(c3ccccc3)=NC(=O)[C@H]1O[C@@]1(O[Si](C)(C)C)CCCC[C@H]12. The molecule has 156 valence electrons. The van der Waals surface area contributed by atoms with Crippen LogP contribution in [-0.4, -0.2) is 44.4 Å². The third-order valence-electron chi connectivity index (χ3n) is 6.06. The first-order valence-electron chi connectivity index (χ1n) is 10.5. The van der Waals surface area contributed by atoms with Crippen LogP contribution in [0.1, 0.15) is 38.2 Å². The Bertz CT molecular complexity index is 849. The molecule has 6 nitrogen and oxygen atoms in total. The van der Waals surface area contributed by atoms with Crippen molar-refractivity contribution in [1.29, 1.82) is 0 Å². The van der Waals surface area contributed by atoms with Gasteiger partial charge in [-0.05, 0) is 45.0 Å². The lowest BCUT2D eigenvalue weighted by molar-refractivity contribution is -0.211. The molecule has 1 saturated heterocycles. The third kappa shape index (κ3) is 3.10. The van der Waals surface area contributed by atoms with Crippen LogP contribution in [0.4, 0.5) is 0 Å². The number of amides is 1. The first-order chi connectivity index (χ1) is 13.7. The molecule has 4 rings (SSSR count). The summed E-state index contributed by atoms with van der Waals surface area (Å²) in [6.45, 7) is 8.34. The van der Waals surface area contributed by atoms with Gasteiger partial charge in [-0.15, -0.1) is 0 Å². The third-order valence-corrected chi connectivity index (χ3v) is 7.01. The van der Waals surface area contributed by atoms with E-state index in [4.69, 9.17) is 13.9 Å². The minimum Gasteiger partial charge on any atom is -0.465 e. The molecule has 1 saturated carbocycles. The van der Waals surface area contributed by atoms with Crippen molar-refractivity contribution in [3.8, 4) is 0 Å². The van der Waals surface area contributed by atoms with Gasteiger partial charge in [0.1, 0.15) is 0 Å². The number of rotatable bonds is 5. The van der Waals surface area contributed by atoms with Crippen molar-refractivity contribution >= 4 is 25.9 Å². The number of hydrogen-bond acceptors (Lipinski definition) is 5. The summed E-state index contributed by atoms with van der Waals surface area (Å²) >= 11 is 0. The van der Waals surface area contributed by atoms with E-state index < -0.39 is 37.5 Å². The van der Waals surface area contributed by atoms with Crippen molar-refractivity contribution in [3.63, 3.8) is 0 Å². The molecule has 0 unspecified atom stereocenters. The average molecular weight is 416 g/mol. The summed E-state index contributed by atoms with van der Waals surface area (Å²) in [4.78, 5) is 30.9. The number of esters is 1. The smallest absolute Gasteiger partial charge is 0.321 e. The van der Waals surface area contributed by atoms with Crippen LogP contribution in [0.3, 0.4) is 0 Å². The van der Waals surface area contributed by atoms with E-state index in [1.165, 1.54) is 0 Å². The van der Waals surface area contributed by atoms with Crippen molar-refractivity contribution in [2.24, 2.45) is 16.3 Å². The van der Waals surface area contributed by atoms with Crippen LogP contribution in [0.2, 0.25) is 19.6 Å². The molecule has 0 spiro atoms. The second-order valence-electron chi connectivity index (χ2n) is 9.08. The van der Waals surface area contributed by atoms with Gasteiger partial charge in [-0.25, -0.2) is 4.99 Å². The summed E-state index contributed by atoms with van der Waals surface area (Å²) in [5.74, 6) is -2.08. The van der Waals surface area contributed by atoms with Crippen LogP contribution in [-0.2, 0) is 23.5 Å². The van der Waals surface area contributed by atoms with Crippen molar-refractivity contribution in [2.75, 3.05) is 6.61 Å². The normalized spacial score (nSPS) is 33.8. The predicted molar refractivity (Wildman–Crippen MR) is 111 cm³/mol. The fraction of sp³-hybridized carbons (Fsp3) is 0.591. The lowest BCUT2D eigenvalue weighted by atomic mass is 9.63. The average Bonchev–Trinajstić information content (AvgIpc) is 3.11. The Labute approximate surface area is 172 Å². The molecular weight excluding hydrogens is 386 g/mol. The van der Waals surface area contributed by atoms with Gasteiger partial charge in [0.05, 0.1) is 12.3 Å². The van der Waals surface area contributed by atoms with Crippen molar-refractivity contribution in [3.05, 3.63) is 35.9 Å². The van der Waals surface area contributed by atoms with E-state index in [0.717, 1.165) is 24.8 Å². The van der Waals surface area contributed by atoms with Crippen LogP contribution in [0.5, 0.6) is 0 Å². The van der Waals surface area contributed by atoms with Gasteiger partial charge in [-0.3, -0.25) is 9.59 Å².